The molecule has 0 bridgehead atoms. The Kier molecular flexibility index (Phi) is 6.32. The van der Waals surface area contributed by atoms with Crippen LogP contribution < -0.4 is 5.32 Å². The van der Waals surface area contributed by atoms with Crippen molar-refractivity contribution >= 4 is 23.4 Å². The quantitative estimate of drug-likeness (QED) is 0.804. The third-order valence-electron chi connectivity index (χ3n) is 5.99. The van der Waals surface area contributed by atoms with Gasteiger partial charge in [0.05, 0.1) is 5.92 Å². The Hall–Kier alpha value is -3.19. The average molecular weight is 421 g/mol. The standard InChI is InChI=1S/C24H28N4O3/c1-26-11-13-27(14-12-26)24(31)19-7-9-21(10-8-19)25-23(30)20-15-22(29)28(17-20)16-18-5-3-2-4-6-18/h2-10,20H,11-17H2,1H3,(H,25,30). The van der Waals surface area contributed by atoms with Crippen molar-refractivity contribution < 1.29 is 14.4 Å². The third kappa shape index (κ3) is 5.11. The molecule has 2 saturated heterocycles. The van der Waals surface area contributed by atoms with Crippen LogP contribution >= 0.6 is 0 Å². The molecule has 162 valence electrons. The second-order valence-electron chi connectivity index (χ2n) is 8.32. The molecule has 7 nitrogen and oxygen atoms in total. The lowest BCUT2D eigenvalue weighted by Crippen LogP contribution is -2.47. The minimum Gasteiger partial charge on any atom is -0.338 e. The number of nitrogens with zero attached hydrogens (tertiary/aromatic N) is 3. The van der Waals surface area contributed by atoms with Crippen molar-refractivity contribution in [2.75, 3.05) is 45.1 Å². The largest absolute Gasteiger partial charge is 0.338 e. The molecule has 1 atom stereocenters. The maximum absolute atomic E-state index is 12.7. The lowest BCUT2D eigenvalue weighted by Gasteiger charge is -2.32. The summed E-state index contributed by atoms with van der Waals surface area (Å²) in [5, 5.41) is 2.89. The Labute approximate surface area is 182 Å². The summed E-state index contributed by atoms with van der Waals surface area (Å²) in [4.78, 5) is 43.5. The highest BCUT2D eigenvalue weighted by Crippen LogP contribution is 2.22. The van der Waals surface area contributed by atoms with E-state index in [9.17, 15) is 14.4 Å². The van der Waals surface area contributed by atoms with E-state index in [-0.39, 0.29) is 30.1 Å². The van der Waals surface area contributed by atoms with Gasteiger partial charge in [0, 0.05) is 56.9 Å². The number of nitrogens with one attached hydrogen (secondary N) is 1. The van der Waals surface area contributed by atoms with Gasteiger partial charge >= 0.3 is 0 Å². The first-order valence-corrected chi connectivity index (χ1v) is 10.7. The van der Waals surface area contributed by atoms with Crippen molar-refractivity contribution in [3.8, 4) is 0 Å². The van der Waals surface area contributed by atoms with E-state index in [1.54, 1.807) is 29.2 Å². The van der Waals surface area contributed by atoms with Crippen molar-refractivity contribution in [3.63, 3.8) is 0 Å². The van der Waals surface area contributed by atoms with E-state index in [1.165, 1.54) is 0 Å². The number of amides is 3. The number of hydrogen-bond donors (Lipinski definition) is 1. The van der Waals surface area contributed by atoms with E-state index in [1.807, 2.05) is 35.2 Å². The highest BCUT2D eigenvalue weighted by molar-refractivity contribution is 5.98. The summed E-state index contributed by atoms with van der Waals surface area (Å²) in [6.45, 7) is 4.14. The lowest BCUT2D eigenvalue weighted by molar-refractivity contribution is -0.128. The first kappa shape index (κ1) is 21.1. The monoisotopic (exact) mass is 420 g/mol. The average Bonchev–Trinajstić information content (AvgIpc) is 3.15. The van der Waals surface area contributed by atoms with Gasteiger partial charge in [-0.05, 0) is 36.9 Å². The Morgan fingerprint density at radius 2 is 1.65 bits per heavy atom. The second kappa shape index (κ2) is 9.31. The fraction of sp³-hybridized carbons (Fsp3) is 0.375. The van der Waals surface area contributed by atoms with Gasteiger partial charge in [-0.3, -0.25) is 14.4 Å². The minimum atomic E-state index is -0.372. The van der Waals surface area contributed by atoms with Gasteiger partial charge < -0.3 is 20.0 Å². The number of likely N-dealkylation sites (N-methyl/N-ethyl adjacent to an activating group) is 1. The minimum absolute atomic E-state index is 0.00266. The van der Waals surface area contributed by atoms with Crippen LogP contribution in [0.2, 0.25) is 0 Å². The molecule has 2 fully saturated rings. The molecule has 7 heteroatoms. The zero-order valence-corrected chi connectivity index (χ0v) is 17.8. The van der Waals surface area contributed by atoms with Crippen molar-refractivity contribution in [2.45, 2.75) is 13.0 Å². The predicted molar refractivity (Wildman–Crippen MR) is 118 cm³/mol. The second-order valence-corrected chi connectivity index (χ2v) is 8.32. The van der Waals surface area contributed by atoms with Crippen LogP contribution in [0.4, 0.5) is 5.69 Å². The highest BCUT2D eigenvalue weighted by atomic mass is 16.2. The smallest absolute Gasteiger partial charge is 0.253 e. The SMILES string of the molecule is CN1CCN(C(=O)c2ccc(NC(=O)C3CC(=O)N(Cc4ccccc4)C3)cc2)CC1. The Morgan fingerprint density at radius 1 is 0.968 bits per heavy atom. The summed E-state index contributed by atoms with van der Waals surface area (Å²) in [6, 6.07) is 16.8. The molecule has 1 N–H and O–H groups in total. The van der Waals surface area contributed by atoms with Crippen LogP contribution in [0, 0.1) is 5.92 Å². The molecule has 0 saturated carbocycles. The van der Waals surface area contributed by atoms with Gasteiger partial charge in [0.15, 0.2) is 0 Å². The Morgan fingerprint density at radius 3 is 2.32 bits per heavy atom. The number of anilines is 1. The first-order valence-electron chi connectivity index (χ1n) is 10.7. The van der Waals surface area contributed by atoms with Crippen LogP contribution in [0.1, 0.15) is 22.3 Å². The molecule has 2 aliphatic rings. The van der Waals surface area contributed by atoms with Crippen molar-refractivity contribution in [2.24, 2.45) is 5.92 Å². The number of hydrogen-bond acceptors (Lipinski definition) is 4. The molecule has 1 unspecified atom stereocenters. The maximum Gasteiger partial charge on any atom is 0.253 e. The van der Waals surface area contributed by atoms with Gasteiger partial charge in [-0.15, -0.1) is 0 Å². The van der Waals surface area contributed by atoms with E-state index in [2.05, 4.69) is 17.3 Å². The van der Waals surface area contributed by atoms with Crippen LogP contribution in [0.3, 0.4) is 0 Å². The molecule has 3 amide bonds. The summed E-state index contributed by atoms with van der Waals surface area (Å²) in [5.74, 6) is -0.522. The third-order valence-corrected chi connectivity index (χ3v) is 5.99. The number of carbonyl (C=O) groups is 3. The summed E-state index contributed by atoms with van der Waals surface area (Å²) in [7, 11) is 2.05. The molecule has 0 aromatic heterocycles. The number of likely N-dealkylation sites (tertiary alicyclic amines) is 1. The fourth-order valence-electron chi connectivity index (χ4n) is 4.04. The van der Waals surface area contributed by atoms with Crippen molar-refractivity contribution in [1.82, 2.24) is 14.7 Å². The van der Waals surface area contributed by atoms with Crippen LogP contribution in [-0.4, -0.2) is 72.2 Å². The molecule has 4 rings (SSSR count). The normalized spacial score (nSPS) is 19.5. The highest BCUT2D eigenvalue weighted by Gasteiger charge is 2.34. The van der Waals surface area contributed by atoms with Crippen molar-refractivity contribution in [1.29, 1.82) is 0 Å². The Bertz CT molecular complexity index is 937. The zero-order valence-electron chi connectivity index (χ0n) is 17.8. The summed E-state index contributed by atoms with van der Waals surface area (Å²) < 4.78 is 0. The molecule has 2 aromatic carbocycles. The number of benzene rings is 2. The molecular weight excluding hydrogens is 392 g/mol. The number of rotatable bonds is 5. The molecule has 0 spiro atoms. The topological polar surface area (TPSA) is 73.0 Å². The zero-order chi connectivity index (χ0) is 21.8. The van der Waals surface area contributed by atoms with E-state index in [0.717, 1.165) is 31.7 Å². The van der Waals surface area contributed by atoms with Crippen LogP contribution in [-0.2, 0) is 16.1 Å². The van der Waals surface area contributed by atoms with Gasteiger partial charge in [-0.1, -0.05) is 30.3 Å². The van der Waals surface area contributed by atoms with E-state index in [4.69, 9.17) is 0 Å². The van der Waals surface area contributed by atoms with E-state index in [0.29, 0.717) is 24.3 Å². The van der Waals surface area contributed by atoms with E-state index < -0.39 is 0 Å². The predicted octanol–water partition coefficient (Wildman–Crippen LogP) is 2.06. The molecule has 2 heterocycles. The summed E-state index contributed by atoms with van der Waals surface area (Å²) >= 11 is 0. The van der Waals surface area contributed by atoms with Gasteiger partial charge in [0.25, 0.3) is 5.91 Å². The molecule has 2 aliphatic heterocycles. The molecule has 31 heavy (non-hydrogen) atoms. The van der Waals surface area contributed by atoms with Gasteiger partial charge in [-0.2, -0.15) is 0 Å². The van der Waals surface area contributed by atoms with Crippen molar-refractivity contribution in [3.05, 3.63) is 65.7 Å². The first-order chi connectivity index (χ1) is 15.0. The number of piperazine rings is 1. The van der Waals surface area contributed by atoms with E-state index >= 15 is 0 Å². The maximum atomic E-state index is 12.7. The van der Waals surface area contributed by atoms with Crippen LogP contribution in [0.15, 0.2) is 54.6 Å². The lowest BCUT2D eigenvalue weighted by atomic mass is 10.1. The number of carbonyl (C=O) groups excluding carboxylic acids is 3. The molecule has 0 aliphatic carbocycles. The summed E-state index contributed by atoms with van der Waals surface area (Å²) in [6.07, 6.45) is 0.221. The molecule has 2 aromatic rings. The fourth-order valence-corrected chi connectivity index (χ4v) is 4.04. The van der Waals surface area contributed by atoms with Gasteiger partial charge in [-0.25, -0.2) is 0 Å². The Balaban J connectivity index is 1.31. The molecular formula is C24H28N4O3. The van der Waals surface area contributed by atoms with Gasteiger partial charge in [0.1, 0.15) is 0 Å². The summed E-state index contributed by atoms with van der Waals surface area (Å²) in [5.41, 5.74) is 2.30. The molecule has 0 radical (unpaired) electrons. The van der Waals surface area contributed by atoms with Crippen LogP contribution in [0.5, 0.6) is 0 Å². The van der Waals surface area contributed by atoms with Gasteiger partial charge in [0.2, 0.25) is 11.8 Å². The van der Waals surface area contributed by atoms with Crippen LogP contribution in [0.25, 0.3) is 0 Å².